The predicted octanol–water partition coefficient (Wildman–Crippen LogP) is 1.85. The lowest BCUT2D eigenvalue weighted by Crippen LogP contribution is -2.33. The zero-order valence-corrected chi connectivity index (χ0v) is 9.12. The minimum Gasteiger partial charge on any atom is -0.319 e. The van der Waals surface area contributed by atoms with E-state index < -0.39 is 5.54 Å². The van der Waals surface area contributed by atoms with Gasteiger partial charge in [-0.25, -0.2) is 0 Å². The first-order chi connectivity index (χ1) is 7.14. The van der Waals surface area contributed by atoms with E-state index in [1.165, 1.54) is 5.56 Å². The molecule has 0 unspecified atom stereocenters. The van der Waals surface area contributed by atoms with Crippen molar-refractivity contribution in [3.05, 3.63) is 35.4 Å². The van der Waals surface area contributed by atoms with E-state index in [-0.39, 0.29) is 5.78 Å². The molecule has 0 radical (unpaired) electrons. The van der Waals surface area contributed by atoms with E-state index in [9.17, 15) is 4.79 Å². The van der Waals surface area contributed by atoms with Crippen molar-refractivity contribution in [2.45, 2.75) is 38.1 Å². The van der Waals surface area contributed by atoms with Gasteiger partial charge in [0, 0.05) is 6.42 Å². The van der Waals surface area contributed by atoms with Crippen LogP contribution in [-0.2, 0) is 17.6 Å². The second-order valence-corrected chi connectivity index (χ2v) is 4.43. The molecular weight excluding hydrogens is 186 g/mol. The van der Waals surface area contributed by atoms with Crippen LogP contribution in [0.2, 0.25) is 0 Å². The molecule has 0 spiro atoms. The van der Waals surface area contributed by atoms with Crippen molar-refractivity contribution in [1.29, 1.82) is 0 Å². The summed E-state index contributed by atoms with van der Waals surface area (Å²) in [6.45, 7) is 2.12. The van der Waals surface area contributed by atoms with Crippen molar-refractivity contribution in [1.82, 2.24) is 0 Å². The Kier molecular flexibility index (Phi) is 2.61. The minimum atomic E-state index is -0.483. The highest BCUT2D eigenvalue weighted by molar-refractivity contribution is 5.92. The Morgan fingerprint density at radius 2 is 1.80 bits per heavy atom. The van der Waals surface area contributed by atoms with Crippen LogP contribution in [-0.4, -0.2) is 11.3 Å². The molecule has 1 aromatic rings. The zero-order chi connectivity index (χ0) is 10.9. The maximum Gasteiger partial charge on any atom is 0.156 e. The van der Waals surface area contributed by atoms with E-state index in [4.69, 9.17) is 5.73 Å². The number of carbonyl (C=O) groups is 1. The summed E-state index contributed by atoms with van der Waals surface area (Å²) in [4.78, 5) is 11.7. The third kappa shape index (κ3) is 2.26. The quantitative estimate of drug-likeness (QED) is 0.811. The molecule has 0 atom stereocenters. The van der Waals surface area contributed by atoms with Crippen LogP contribution in [0.25, 0.3) is 0 Å². The summed E-state index contributed by atoms with van der Waals surface area (Å²) >= 11 is 0. The smallest absolute Gasteiger partial charge is 0.156 e. The van der Waals surface area contributed by atoms with E-state index in [2.05, 4.69) is 19.1 Å². The first-order valence-corrected chi connectivity index (χ1v) is 5.54. The van der Waals surface area contributed by atoms with Crippen molar-refractivity contribution < 1.29 is 4.79 Å². The number of ketones is 1. The van der Waals surface area contributed by atoms with Gasteiger partial charge in [-0.2, -0.15) is 0 Å². The summed E-state index contributed by atoms with van der Waals surface area (Å²) < 4.78 is 0. The highest BCUT2D eigenvalue weighted by atomic mass is 16.1. The van der Waals surface area contributed by atoms with Crippen LogP contribution in [0, 0.1) is 0 Å². The Morgan fingerprint density at radius 1 is 1.27 bits per heavy atom. The van der Waals surface area contributed by atoms with Gasteiger partial charge in [0.15, 0.2) is 5.78 Å². The molecule has 1 aliphatic rings. The van der Waals surface area contributed by atoms with E-state index in [0.29, 0.717) is 6.42 Å². The third-order valence-corrected chi connectivity index (χ3v) is 3.14. The summed E-state index contributed by atoms with van der Waals surface area (Å²) in [5.74, 6) is 0.187. The first-order valence-electron chi connectivity index (χ1n) is 5.54. The molecule has 1 aliphatic carbocycles. The lowest BCUT2D eigenvalue weighted by molar-refractivity contribution is -0.120. The van der Waals surface area contributed by atoms with Gasteiger partial charge >= 0.3 is 0 Å². The van der Waals surface area contributed by atoms with Crippen molar-refractivity contribution in [3.63, 3.8) is 0 Å². The van der Waals surface area contributed by atoms with Crippen LogP contribution in [0.5, 0.6) is 0 Å². The Morgan fingerprint density at radius 3 is 2.27 bits per heavy atom. The summed E-state index contributed by atoms with van der Waals surface area (Å²) in [5.41, 5.74) is 7.75. The minimum absolute atomic E-state index is 0.187. The molecule has 2 N–H and O–H groups in total. The van der Waals surface area contributed by atoms with E-state index >= 15 is 0 Å². The molecular formula is C13H17NO. The monoisotopic (exact) mass is 203 g/mol. The van der Waals surface area contributed by atoms with Crippen LogP contribution in [0.3, 0.4) is 0 Å². The average Bonchev–Trinajstić information content (AvgIpc) is 2.99. The summed E-state index contributed by atoms with van der Waals surface area (Å²) in [6.07, 6.45) is 3.24. The number of aryl methyl sites for hydroxylation is 1. The third-order valence-electron chi connectivity index (χ3n) is 3.14. The number of hydrogen-bond acceptors (Lipinski definition) is 2. The van der Waals surface area contributed by atoms with Crippen LogP contribution < -0.4 is 5.73 Å². The van der Waals surface area contributed by atoms with Crippen molar-refractivity contribution in [3.8, 4) is 0 Å². The van der Waals surface area contributed by atoms with Gasteiger partial charge in [0.25, 0.3) is 0 Å². The van der Waals surface area contributed by atoms with E-state index in [0.717, 1.165) is 24.8 Å². The van der Waals surface area contributed by atoms with Gasteiger partial charge in [-0.3, -0.25) is 4.79 Å². The second kappa shape index (κ2) is 3.78. The van der Waals surface area contributed by atoms with Crippen LogP contribution in [0.15, 0.2) is 24.3 Å². The number of hydrogen-bond donors (Lipinski definition) is 1. The molecule has 1 fully saturated rings. The van der Waals surface area contributed by atoms with Crippen LogP contribution >= 0.6 is 0 Å². The largest absolute Gasteiger partial charge is 0.319 e. The molecule has 2 heteroatoms. The summed E-state index contributed by atoms with van der Waals surface area (Å²) in [5, 5.41) is 0. The van der Waals surface area contributed by atoms with Crippen molar-refractivity contribution >= 4 is 5.78 Å². The maximum atomic E-state index is 11.7. The Hall–Kier alpha value is -1.15. The Bertz CT molecular complexity index is 363. The SMILES string of the molecule is CCc1ccc(CC(=O)C2(N)CC2)cc1. The molecule has 80 valence electrons. The fourth-order valence-electron chi connectivity index (χ4n) is 1.67. The van der Waals surface area contributed by atoms with Gasteiger partial charge in [-0.05, 0) is 30.4 Å². The predicted molar refractivity (Wildman–Crippen MR) is 60.7 cm³/mol. The zero-order valence-electron chi connectivity index (χ0n) is 9.12. The molecule has 2 rings (SSSR count). The van der Waals surface area contributed by atoms with Crippen molar-refractivity contribution in [2.75, 3.05) is 0 Å². The van der Waals surface area contributed by atoms with Crippen LogP contribution in [0.4, 0.5) is 0 Å². The molecule has 0 bridgehead atoms. The van der Waals surface area contributed by atoms with Gasteiger partial charge in [-0.1, -0.05) is 31.2 Å². The van der Waals surface area contributed by atoms with Gasteiger partial charge in [0.1, 0.15) is 0 Å². The first kappa shape index (κ1) is 10.4. The molecule has 0 saturated heterocycles. The molecule has 0 aromatic heterocycles. The van der Waals surface area contributed by atoms with E-state index in [1.807, 2.05) is 12.1 Å². The van der Waals surface area contributed by atoms with Gasteiger partial charge in [0.2, 0.25) is 0 Å². The molecule has 1 aromatic carbocycles. The number of Topliss-reactive ketones (excluding diaryl/α,β-unsaturated/α-hetero) is 1. The summed E-state index contributed by atoms with van der Waals surface area (Å²) in [6, 6.07) is 8.22. The molecule has 0 aliphatic heterocycles. The summed E-state index contributed by atoms with van der Waals surface area (Å²) in [7, 11) is 0. The number of nitrogens with two attached hydrogens (primary N) is 1. The maximum absolute atomic E-state index is 11.7. The van der Waals surface area contributed by atoms with E-state index in [1.54, 1.807) is 0 Å². The second-order valence-electron chi connectivity index (χ2n) is 4.43. The highest BCUT2D eigenvalue weighted by Crippen LogP contribution is 2.34. The van der Waals surface area contributed by atoms with Crippen molar-refractivity contribution in [2.24, 2.45) is 5.73 Å². The lowest BCUT2D eigenvalue weighted by atomic mass is 10.0. The van der Waals surface area contributed by atoms with Gasteiger partial charge in [0.05, 0.1) is 5.54 Å². The highest BCUT2D eigenvalue weighted by Gasteiger charge is 2.44. The number of rotatable bonds is 4. The van der Waals surface area contributed by atoms with Gasteiger partial charge in [-0.15, -0.1) is 0 Å². The Balaban J connectivity index is 2.01. The molecule has 15 heavy (non-hydrogen) atoms. The standard InChI is InChI=1S/C13H17NO/c1-2-10-3-5-11(6-4-10)9-12(15)13(14)7-8-13/h3-6H,2,7-9,14H2,1H3. The molecule has 0 heterocycles. The molecule has 0 amide bonds. The molecule has 1 saturated carbocycles. The number of benzene rings is 1. The van der Waals surface area contributed by atoms with Crippen LogP contribution in [0.1, 0.15) is 30.9 Å². The number of carbonyl (C=O) groups excluding carboxylic acids is 1. The normalized spacial score (nSPS) is 17.5. The van der Waals surface area contributed by atoms with Gasteiger partial charge < -0.3 is 5.73 Å². The Labute approximate surface area is 90.5 Å². The topological polar surface area (TPSA) is 43.1 Å². The lowest BCUT2D eigenvalue weighted by Gasteiger charge is -2.07. The fraction of sp³-hybridized carbons (Fsp3) is 0.462. The molecule has 2 nitrogen and oxygen atoms in total. The fourth-order valence-corrected chi connectivity index (χ4v) is 1.67. The average molecular weight is 203 g/mol.